The average molecular weight is 297 g/mol. The molecule has 0 unspecified atom stereocenters. The molecule has 3 nitrogen and oxygen atoms in total. The number of nitrogens with one attached hydrogen (secondary N) is 1. The predicted octanol–water partition coefficient (Wildman–Crippen LogP) is 2.93. The van der Waals surface area contributed by atoms with E-state index in [0.29, 0.717) is 6.54 Å². The largest absolute Gasteiger partial charge is 0.336 e. The van der Waals surface area contributed by atoms with Crippen LogP contribution in [0.5, 0.6) is 0 Å². The van der Waals surface area contributed by atoms with Gasteiger partial charge < -0.3 is 10.2 Å². The summed E-state index contributed by atoms with van der Waals surface area (Å²) in [6.07, 6.45) is 0.919. The number of hydrogen-bond donors (Lipinski definition) is 1. The van der Waals surface area contributed by atoms with Gasteiger partial charge in [-0.25, -0.2) is 4.79 Å². The number of carbonyl (C=O) groups excluding carboxylic acids is 1. The molecule has 0 aromatic heterocycles. The van der Waals surface area contributed by atoms with Gasteiger partial charge in [-0.05, 0) is 37.5 Å². The predicted molar refractivity (Wildman–Crippen MR) is 71.9 cm³/mol. The monoisotopic (exact) mass is 296 g/mol. The Hall–Kier alpha value is -1.03. The normalized spacial score (nSPS) is 14.7. The number of carbonyl (C=O) groups is 1. The van der Waals surface area contributed by atoms with E-state index < -0.39 is 0 Å². The Balaban J connectivity index is 2.11. The number of nitrogens with zero attached hydrogens (tertiary/aromatic N) is 1. The van der Waals surface area contributed by atoms with Crippen LogP contribution in [0.25, 0.3) is 0 Å². The molecule has 1 N–H and O–H groups in total. The number of hydrogen-bond acceptors (Lipinski definition) is 1. The van der Waals surface area contributed by atoms with Crippen LogP contribution < -0.4 is 5.32 Å². The third-order valence-electron chi connectivity index (χ3n) is 2.91. The first kappa shape index (κ1) is 12.4. The van der Waals surface area contributed by atoms with Crippen molar-refractivity contribution in [2.45, 2.75) is 32.9 Å². The first-order valence-electron chi connectivity index (χ1n) is 5.89. The van der Waals surface area contributed by atoms with Gasteiger partial charge in [0, 0.05) is 23.6 Å². The van der Waals surface area contributed by atoms with E-state index in [1.165, 1.54) is 11.1 Å². The molecule has 0 saturated carbocycles. The van der Waals surface area contributed by atoms with Crippen LogP contribution in [-0.2, 0) is 13.0 Å². The van der Waals surface area contributed by atoms with E-state index in [1.807, 2.05) is 24.8 Å². The lowest BCUT2D eigenvalue weighted by molar-refractivity contribution is 0.190. The summed E-state index contributed by atoms with van der Waals surface area (Å²) in [6.45, 7) is 5.44. The topological polar surface area (TPSA) is 32.3 Å². The van der Waals surface area contributed by atoms with Crippen LogP contribution in [0.1, 0.15) is 25.0 Å². The standard InChI is InChI=1S/C13H17BrN2O/c1-9(2)15-13(17)16-7-6-11-10(8-16)4-3-5-12(11)14/h3-5,9H,6-8H2,1-2H3,(H,15,17). The van der Waals surface area contributed by atoms with E-state index in [2.05, 4.69) is 33.4 Å². The molecule has 17 heavy (non-hydrogen) atoms. The van der Waals surface area contributed by atoms with Crippen molar-refractivity contribution in [3.05, 3.63) is 33.8 Å². The van der Waals surface area contributed by atoms with Gasteiger partial charge in [-0.3, -0.25) is 0 Å². The van der Waals surface area contributed by atoms with Gasteiger partial charge in [0.05, 0.1) is 0 Å². The van der Waals surface area contributed by atoms with E-state index in [4.69, 9.17) is 0 Å². The van der Waals surface area contributed by atoms with Crippen LogP contribution in [0.3, 0.4) is 0 Å². The molecule has 1 aliphatic heterocycles. The van der Waals surface area contributed by atoms with Gasteiger partial charge in [0.15, 0.2) is 0 Å². The first-order valence-corrected chi connectivity index (χ1v) is 6.69. The molecule has 0 bridgehead atoms. The number of amides is 2. The fraction of sp³-hybridized carbons (Fsp3) is 0.462. The van der Waals surface area contributed by atoms with E-state index in [0.717, 1.165) is 17.4 Å². The molecule has 0 aliphatic carbocycles. The molecule has 0 saturated heterocycles. The summed E-state index contributed by atoms with van der Waals surface area (Å²) in [5.74, 6) is 0. The molecule has 2 amide bonds. The molecule has 0 spiro atoms. The zero-order chi connectivity index (χ0) is 12.4. The van der Waals surface area contributed by atoms with Gasteiger partial charge in [0.2, 0.25) is 0 Å². The Kier molecular flexibility index (Phi) is 3.72. The van der Waals surface area contributed by atoms with Crippen LogP contribution in [0, 0.1) is 0 Å². The number of fused-ring (bicyclic) bond motifs is 1. The van der Waals surface area contributed by atoms with Crippen LogP contribution in [0.2, 0.25) is 0 Å². The van der Waals surface area contributed by atoms with E-state index in [1.54, 1.807) is 0 Å². The smallest absolute Gasteiger partial charge is 0.317 e. The zero-order valence-corrected chi connectivity index (χ0v) is 11.8. The number of halogens is 1. The second kappa shape index (κ2) is 5.08. The minimum Gasteiger partial charge on any atom is -0.336 e. The summed E-state index contributed by atoms with van der Waals surface area (Å²) >= 11 is 3.56. The second-order valence-corrected chi connectivity index (χ2v) is 5.51. The minimum atomic E-state index is 0.0330. The molecule has 0 fully saturated rings. The molecule has 1 heterocycles. The van der Waals surface area contributed by atoms with Crippen molar-refractivity contribution in [3.8, 4) is 0 Å². The second-order valence-electron chi connectivity index (χ2n) is 4.65. The van der Waals surface area contributed by atoms with Gasteiger partial charge in [0.1, 0.15) is 0 Å². The third kappa shape index (κ3) is 2.80. The highest BCUT2D eigenvalue weighted by Gasteiger charge is 2.21. The molecule has 2 rings (SSSR count). The SMILES string of the molecule is CC(C)NC(=O)N1CCc2c(Br)cccc2C1. The highest BCUT2D eigenvalue weighted by Crippen LogP contribution is 2.26. The fourth-order valence-corrected chi connectivity index (χ4v) is 2.68. The van der Waals surface area contributed by atoms with E-state index in [9.17, 15) is 4.79 Å². The van der Waals surface area contributed by atoms with Crippen molar-refractivity contribution < 1.29 is 4.79 Å². The molecule has 1 aromatic carbocycles. The summed E-state index contributed by atoms with van der Waals surface area (Å²) in [5.41, 5.74) is 2.57. The molecular weight excluding hydrogens is 280 g/mol. The lowest BCUT2D eigenvalue weighted by Crippen LogP contribution is -2.45. The Morgan fingerprint density at radius 2 is 2.24 bits per heavy atom. The minimum absolute atomic E-state index is 0.0330. The lowest BCUT2D eigenvalue weighted by Gasteiger charge is -2.30. The number of urea groups is 1. The summed E-state index contributed by atoms with van der Waals surface area (Å²) < 4.78 is 1.15. The highest BCUT2D eigenvalue weighted by molar-refractivity contribution is 9.10. The van der Waals surface area contributed by atoms with Gasteiger partial charge >= 0.3 is 6.03 Å². The zero-order valence-electron chi connectivity index (χ0n) is 10.2. The Morgan fingerprint density at radius 1 is 1.47 bits per heavy atom. The third-order valence-corrected chi connectivity index (χ3v) is 3.65. The van der Waals surface area contributed by atoms with Crippen molar-refractivity contribution in [1.29, 1.82) is 0 Å². The van der Waals surface area contributed by atoms with Crippen LogP contribution >= 0.6 is 15.9 Å². The molecule has 4 heteroatoms. The average Bonchev–Trinajstić information content (AvgIpc) is 2.28. The van der Waals surface area contributed by atoms with Crippen molar-refractivity contribution in [1.82, 2.24) is 10.2 Å². The van der Waals surface area contributed by atoms with Crippen LogP contribution in [0.4, 0.5) is 4.79 Å². The molecular formula is C13H17BrN2O. The van der Waals surface area contributed by atoms with E-state index >= 15 is 0 Å². The van der Waals surface area contributed by atoms with Crippen LogP contribution in [0.15, 0.2) is 22.7 Å². The van der Waals surface area contributed by atoms with Crippen molar-refractivity contribution in [2.75, 3.05) is 6.54 Å². The maximum Gasteiger partial charge on any atom is 0.317 e. The number of rotatable bonds is 1. The maximum absolute atomic E-state index is 11.9. The lowest BCUT2D eigenvalue weighted by atomic mass is 10.0. The molecule has 1 aromatic rings. The maximum atomic E-state index is 11.9. The molecule has 92 valence electrons. The van der Waals surface area contributed by atoms with Gasteiger partial charge in [-0.15, -0.1) is 0 Å². The molecule has 1 aliphatic rings. The number of benzene rings is 1. The molecule has 0 radical (unpaired) electrons. The fourth-order valence-electron chi connectivity index (χ4n) is 2.07. The summed E-state index contributed by atoms with van der Waals surface area (Å²) in [7, 11) is 0. The summed E-state index contributed by atoms with van der Waals surface area (Å²) in [5, 5.41) is 2.93. The highest BCUT2D eigenvalue weighted by atomic mass is 79.9. The summed E-state index contributed by atoms with van der Waals surface area (Å²) in [4.78, 5) is 13.8. The van der Waals surface area contributed by atoms with Gasteiger partial charge in [0.25, 0.3) is 0 Å². The van der Waals surface area contributed by atoms with Crippen molar-refractivity contribution in [3.63, 3.8) is 0 Å². The van der Waals surface area contributed by atoms with Gasteiger partial charge in [-0.1, -0.05) is 28.1 Å². The molecule has 0 atom stereocenters. The van der Waals surface area contributed by atoms with Crippen molar-refractivity contribution >= 4 is 22.0 Å². The first-order chi connectivity index (χ1) is 8.08. The quantitative estimate of drug-likeness (QED) is 0.849. The Bertz CT molecular complexity index is 431. The van der Waals surface area contributed by atoms with E-state index in [-0.39, 0.29) is 12.1 Å². The van der Waals surface area contributed by atoms with Gasteiger partial charge in [-0.2, -0.15) is 0 Å². The Morgan fingerprint density at radius 3 is 2.94 bits per heavy atom. The van der Waals surface area contributed by atoms with Crippen molar-refractivity contribution in [2.24, 2.45) is 0 Å². The Labute approximate surface area is 110 Å². The van der Waals surface area contributed by atoms with Crippen LogP contribution in [-0.4, -0.2) is 23.5 Å². The summed E-state index contributed by atoms with van der Waals surface area (Å²) in [6, 6.07) is 6.39.